The van der Waals surface area contributed by atoms with Crippen LogP contribution < -0.4 is 5.32 Å². The number of nitrogens with one attached hydrogen (secondary N) is 1. The predicted octanol–water partition coefficient (Wildman–Crippen LogP) is 5.16. The molecule has 6 nitrogen and oxygen atoms in total. The molecule has 0 aliphatic rings. The Morgan fingerprint density at radius 3 is 2.38 bits per heavy atom. The summed E-state index contributed by atoms with van der Waals surface area (Å²) in [6.07, 6.45) is 0. The fraction of sp³-hybridized carbons (Fsp3) is 0.0833. The number of halogens is 2. The minimum absolute atomic E-state index is 0.0670. The molecular weight excluding hydrogens is 480 g/mol. The number of aromatic nitrogens is 1. The number of hydrogen-bond donors (Lipinski definition) is 1. The molecule has 174 valence electrons. The summed E-state index contributed by atoms with van der Waals surface area (Å²) in [5.41, 5.74) is 1.87. The predicted molar refractivity (Wildman–Crippen MR) is 127 cm³/mol. The molecule has 3 aromatic carbocycles. The number of amides is 1. The lowest BCUT2D eigenvalue weighted by molar-refractivity contribution is 0.102. The Labute approximate surface area is 199 Å². The van der Waals surface area contributed by atoms with Crippen LogP contribution in [0.2, 0.25) is 0 Å². The largest absolute Gasteiger partial charge is 0.298 e. The number of anilines is 1. The highest BCUT2D eigenvalue weighted by Gasteiger charge is 2.21. The summed E-state index contributed by atoms with van der Waals surface area (Å²) >= 11 is 1.13. The van der Waals surface area contributed by atoms with Gasteiger partial charge in [-0.15, -0.1) is 11.3 Å². The van der Waals surface area contributed by atoms with Crippen LogP contribution >= 0.6 is 11.3 Å². The van der Waals surface area contributed by atoms with Gasteiger partial charge in [-0.2, -0.15) is 4.31 Å². The van der Waals surface area contributed by atoms with Crippen LogP contribution in [-0.2, 0) is 16.6 Å². The second-order valence-electron chi connectivity index (χ2n) is 7.39. The van der Waals surface area contributed by atoms with Crippen LogP contribution in [0.5, 0.6) is 0 Å². The number of rotatable bonds is 7. The lowest BCUT2D eigenvalue weighted by atomic mass is 10.2. The van der Waals surface area contributed by atoms with Gasteiger partial charge in [-0.25, -0.2) is 22.2 Å². The van der Waals surface area contributed by atoms with Crippen LogP contribution in [0, 0.1) is 11.6 Å². The maximum atomic E-state index is 13.5. The molecule has 0 aliphatic heterocycles. The van der Waals surface area contributed by atoms with Gasteiger partial charge in [-0.3, -0.25) is 10.1 Å². The highest BCUT2D eigenvalue weighted by molar-refractivity contribution is 7.89. The minimum atomic E-state index is -3.74. The van der Waals surface area contributed by atoms with Crippen LogP contribution in [0.1, 0.15) is 15.9 Å². The summed E-state index contributed by atoms with van der Waals surface area (Å²) in [4.78, 5) is 16.9. The Morgan fingerprint density at radius 1 is 1.00 bits per heavy atom. The topological polar surface area (TPSA) is 79.4 Å². The Balaban J connectivity index is 1.44. The molecule has 0 saturated carbocycles. The van der Waals surface area contributed by atoms with Crippen molar-refractivity contribution in [2.45, 2.75) is 11.4 Å². The van der Waals surface area contributed by atoms with Crippen LogP contribution in [-0.4, -0.2) is 30.7 Å². The molecule has 1 heterocycles. The first kappa shape index (κ1) is 23.7. The first-order valence-electron chi connectivity index (χ1n) is 10.1. The molecule has 0 atom stereocenters. The standard InChI is InChI=1S/C24H19F2N3O3S2/c1-29(14-16-5-3-2-4-6-16)34(31,32)19-10-7-17(8-11-19)23(30)28-24-27-22(15-33-24)18-9-12-20(25)21(26)13-18/h2-13,15H,14H2,1H3,(H,27,28,30). The maximum absolute atomic E-state index is 13.5. The van der Waals surface area contributed by atoms with E-state index in [0.717, 1.165) is 29.0 Å². The summed E-state index contributed by atoms with van der Waals surface area (Å²) in [7, 11) is -2.24. The van der Waals surface area contributed by atoms with Crippen LogP contribution in [0.3, 0.4) is 0 Å². The average molecular weight is 500 g/mol. The fourth-order valence-corrected chi connectivity index (χ4v) is 5.05. The number of hydrogen-bond acceptors (Lipinski definition) is 5. The minimum Gasteiger partial charge on any atom is -0.298 e. The molecule has 1 amide bonds. The molecule has 34 heavy (non-hydrogen) atoms. The fourth-order valence-electron chi connectivity index (χ4n) is 3.17. The molecule has 1 N–H and O–H groups in total. The number of thiazole rings is 1. The second kappa shape index (κ2) is 9.80. The molecular formula is C24H19F2N3O3S2. The Kier molecular flexibility index (Phi) is 6.82. The molecule has 10 heteroatoms. The van der Waals surface area contributed by atoms with Gasteiger partial charge in [0.25, 0.3) is 5.91 Å². The molecule has 0 fully saturated rings. The highest BCUT2D eigenvalue weighted by Crippen LogP contribution is 2.26. The maximum Gasteiger partial charge on any atom is 0.257 e. The first-order valence-corrected chi connectivity index (χ1v) is 12.4. The van der Waals surface area contributed by atoms with Gasteiger partial charge in [-0.05, 0) is 48.0 Å². The van der Waals surface area contributed by atoms with Crippen molar-refractivity contribution in [3.63, 3.8) is 0 Å². The molecule has 4 rings (SSSR count). The van der Waals surface area contributed by atoms with Gasteiger partial charge in [0.2, 0.25) is 10.0 Å². The number of carbonyl (C=O) groups is 1. The lowest BCUT2D eigenvalue weighted by Gasteiger charge is -2.17. The summed E-state index contributed by atoms with van der Waals surface area (Å²) in [6, 6.07) is 18.2. The smallest absolute Gasteiger partial charge is 0.257 e. The van der Waals surface area contributed by atoms with E-state index in [4.69, 9.17) is 0 Å². The van der Waals surface area contributed by atoms with E-state index < -0.39 is 27.6 Å². The van der Waals surface area contributed by atoms with Crippen molar-refractivity contribution in [2.24, 2.45) is 0 Å². The van der Waals surface area contributed by atoms with E-state index in [0.29, 0.717) is 11.3 Å². The third-order valence-electron chi connectivity index (χ3n) is 5.01. The Bertz CT molecular complexity index is 1420. The third kappa shape index (κ3) is 5.19. The zero-order chi connectivity index (χ0) is 24.3. The van der Waals surface area contributed by atoms with E-state index in [1.54, 1.807) is 5.38 Å². The van der Waals surface area contributed by atoms with Crippen molar-refractivity contribution >= 4 is 32.4 Å². The number of nitrogens with zero attached hydrogens (tertiary/aromatic N) is 2. The Hall–Kier alpha value is -3.47. The summed E-state index contributed by atoms with van der Waals surface area (Å²) < 4.78 is 53.6. The Morgan fingerprint density at radius 2 is 1.71 bits per heavy atom. The monoisotopic (exact) mass is 499 g/mol. The van der Waals surface area contributed by atoms with E-state index in [1.807, 2.05) is 30.3 Å². The molecule has 0 saturated heterocycles. The highest BCUT2D eigenvalue weighted by atomic mass is 32.2. The molecule has 0 spiro atoms. The molecule has 0 bridgehead atoms. The van der Waals surface area contributed by atoms with Crippen molar-refractivity contribution in [1.82, 2.24) is 9.29 Å². The normalized spacial score (nSPS) is 11.5. The zero-order valence-corrected chi connectivity index (χ0v) is 19.5. The van der Waals surface area contributed by atoms with Crippen LogP contribution in [0.4, 0.5) is 13.9 Å². The summed E-state index contributed by atoms with van der Waals surface area (Å²) in [5, 5.41) is 4.51. The van der Waals surface area contributed by atoms with Crippen molar-refractivity contribution < 1.29 is 22.0 Å². The average Bonchev–Trinajstić information content (AvgIpc) is 3.30. The van der Waals surface area contributed by atoms with Gasteiger partial charge < -0.3 is 0 Å². The van der Waals surface area contributed by atoms with E-state index in [1.165, 1.54) is 41.7 Å². The summed E-state index contributed by atoms with van der Waals surface area (Å²) in [6.45, 7) is 0.218. The lowest BCUT2D eigenvalue weighted by Crippen LogP contribution is -2.26. The number of carbonyl (C=O) groups excluding carboxylic acids is 1. The van der Waals surface area contributed by atoms with Gasteiger partial charge in [-0.1, -0.05) is 30.3 Å². The SMILES string of the molecule is CN(Cc1ccccc1)S(=O)(=O)c1ccc(C(=O)Nc2nc(-c3ccc(F)c(F)c3)cs2)cc1. The molecule has 0 aliphatic carbocycles. The quantitative estimate of drug-likeness (QED) is 0.381. The van der Waals surface area contributed by atoms with Gasteiger partial charge in [0.15, 0.2) is 16.8 Å². The van der Waals surface area contributed by atoms with Gasteiger partial charge in [0.05, 0.1) is 10.6 Å². The molecule has 0 radical (unpaired) electrons. The van der Waals surface area contributed by atoms with E-state index in [9.17, 15) is 22.0 Å². The zero-order valence-electron chi connectivity index (χ0n) is 17.9. The summed E-state index contributed by atoms with van der Waals surface area (Å²) in [5.74, 6) is -2.42. The van der Waals surface area contributed by atoms with Gasteiger partial charge in [0, 0.05) is 30.1 Å². The van der Waals surface area contributed by atoms with Crippen molar-refractivity contribution in [3.05, 3.63) is 101 Å². The third-order valence-corrected chi connectivity index (χ3v) is 7.59. The van der Waals surface area contributed by atoms with Crippen molar-refractivity contribution in [3.8, 4) is 11.3 Å². The number of sulfonamides is 1. The van der Waals surface area contributed by atoms with E-state index >= 15 is 0 Å². The second-order valence-corrected chi connectivity index (χ2v) is 10.3. The molecule has 0 unspecified atom stereocenters. The van der Waals surface area contributed by atoms with Crippen LogP contribution in [0.25, 0.3) is 11.3 Å². The van der Waals surface area contributed by atoms with E-state index in [2.05, 4.69) is 10.3 Å². The van der Waals surface area contributed by atoms with Gasteiger partial charge in [0.1, 0.15) is 0 Å². The van der Waals surface area contributed by atoms with Crippen molar-refractivity contribution in [2.75, 3.05) is 12.4 Å². The first-order chi connectivity index (χ1) is 16.2. The van der Waals surface area contributed by atoms with Gasteiger partial charge >= 0.3 is 0 Å². The van der Waals surface area contributed by atoms with Crippen LogP contribution in [0.15, 0.2) is 83.1 Å². The van der Waals surface area contributed by atoms with E-state index in [-0.39, 0.29) is 22.1 Å². The molecule has 4 aromatic rings. The molecule has 1 aromatic heterocycles. The van der Waals surface area contributed by atoms with Crippen molar-refractivity contribution in [1.29, 1.82) is 0 Å². The number of benzene rings is 3.